The van der Waals surface area contributed by atoms with Crippen LogP contribution in [-0.2, 0) is 35.2 Å². The Kier molecular flexibility index (Phi) is 22000. The van der Waals surface area contributed by atoms with Gasteiger partial charge in [0.05, 0.1) is 0 Å². The summed E-state index contributed by atoms with van der Waals surface area (Å²) >= 11 is 7.33. The van der Waals surface area contributed by atoms with E-state index in [-0.39, 0.29) is 0 Å². The third-order valence-corrected chi connectivity index (χ3v) is 0. The first-order chi connectivity index (χ1) is 5.41. The topological polar surface area (TPSA) is 68.3 Å². The second-order valence-electron chi connectivity index (χ2n) is 0.0833. The van der Waals surface area contributed by atoms with Crippen LogP contribution < -0.4 is 0 Å². The van der Waals surface area contributed by atoms with E-state index >= 15 is 0 Å². The van der Waals surface area contributed by atoms with E-state index in [0.29, 0.717) is 0 Å². The second-order valence-corrected chi connectivity index (χ2v) is 1.03. The van der Waals surface area contributed by atoms with Gasteiger partial charge in [0.1, 0.15) is 0 Å². The zero-order chi connectivity index (χ0) is 10.7. The van der Waals surface area contributed by atoms with Crippen LogP contribution in [0.4, 0.5) is 0 Å². The van der Waals surface area contributed by atoms with Gasteiger partial charge in [-0.05, 0) is 0 Å². The molecular formula is C5HFeO4S. The molecule has 0 amide bonds. The van der Waals surface area contributed by atoms with Gasteiger partial charge in [-0.25, -0.2) is 0 Å². The molecule has 0 N–H and O–H groups in total. The van der Waals surface area contributed by atoms with Crippen LogP contribution in [0.1, 0.15) is 0 Å². The maximum Gasteiger partial charge on any atom is 0.281 e. The molecule has 0 aliphatic carbocycles. The summed E-state index contributed by atoms with van der Waals surface area (Å²) in [4.78, 5) is 30.0. The van der Waals surface area contributed by atoms with E-state index in [1.807, 2.05) is 0 Å². The molecule has 0 atom stereocenters. The predicted molar refractivity (Wildman–Crippen MR) is 36.4 cm³/mol. The van der Waals surface area contributed by atoms with Gasteiger partial charge in [0.15, 0.2) is 0 Å². The summed E-state index contributed by atoms with van der Waals surface area (Å²) < 4.78 is 1.33. The Morgan fingerprint density at radius 1 is 0.818 bits per heavy atom. The Morgan fingerprint density at radius 2 is 0.818 bits per heavy atom. The zero-order valence-corrected chi connectivity index (χ0v) is 6.89. The van der Waals surface area contributed by atoms with Crippen molar-refractivity contribution in [2.24, 2.45) is 0 Å². The van der Waals surface area contributed by atoms with Crippen LogP contribution in [0, 0.1) is 0 Å². The molecule has 59 valence electrons. The van der Waals surface area contributed by atoms with Gasteiger partial charge in [0.2, 0.25) is 0 Å². The normalized spacial score (nSPS) is 2.64. The molecule has 0 rings (SSSR count). The van der Waals surface area contributed by atoms with Gasteiger partial charge >= 0.3 is 32.5 Å². The van der Waals surface area contributed by atoms with E-state index in [2.05, 4.69) is 55.4 Å². The van der Waals surface area contributed by atoms with Crippen molar-refractivity contribution in [2.45, 2.75) is 0 Å². The molecule has 0 unspecified atom stereocenters. The molecular weight excluding hydrogens is 212 g/mol. The van der Waals surface area contributed by atoms with E-state index < -0.39 is 0 Å². The van der Waals surface area contributed by atoms with E-state index in [4.69, 9.17) is 19.2 Å². The number of carbonyl (C=O) groups excluding carboxylic acids is 4. The summed E-state index contributed by atoms with van der Waals surface area (Å²) in [6.45, 7) is 18.0. The van der Waals surface area contributed by atoms with Gasteiger partial charge in [-0.3, -0.25) is 19.2 Å². The van der Waals surface area contributed by atoms with Crippen molar-refractivity contribution in [3.8, 4) is 0 Å². The predicted octanol–water partition coefficient (Wildman–Crippen LogP) is -1.10. The van der Waals surface area contributed by atoms with Crippen molar-refractivity contribution in [2.75, 3.05) is 0 Å². The average molecular weight is 213 g/mol. The Labute approximate surface area is 79.2 Å². The first-order valence-electron chi connectivity index (χ1n) is 1.26. The summed E-state index contributed by atoms with van der Waals surface area (Å²) in [6.07, 6.45) is 0. The molecule has 0 fully saturated rings. The second kappa shape index (κ2) is 7620. The summed E-state index contributed by atoms with van der Waals surface area (Å²) in [7, 11) is 0. The number of rotatable bonds is 0. The third kappa shape index (κ3) is 978. The molecule has 0 aliphatic rings. The number of hydrogen-bond donors (Lipinski definition) is 0. The van der Waals surface area contributed by atoms with Crippen LogP contribution >= 0.6 is 12.2 Å². The first-order valence-corrected chi connectivity index (χ1v) is 2.37. The van der Waals surface area contributed by atoms with Gasteiger partial charge in [0, 0.05) is 0 Å². The molecule has 0 aromatic heterocycles. The van der Waals surface area contributed by atoms with Gasteiger partial charge in [-0.2, -0.15) is 0 Å². The molecule has 0 saturated heterocycles. The fourth-order valence-corrected chi connectivity index (χ4v) is 0. The van der Waals surface area contributed by atoms with Gasteiger partial charge in [-0.1, -0.05) is 0 Å². The first kappa shape index (κ1) is 31.7. The smallest absolute Gasteiger partial charge is 0.281 e. The Balaban J connectivity index is -0.0000000139. The van der Waals surface area contributed by atoms with Crippen LogP contribution in [0.5, 0.6) is 0 Å². The summed E-state index contributed by atoms with van der Waals surface area (Å²) in [5.41, 5.74) is 0. The van der Waals surface area contributed by atoms with Crippen molar-refractivity contribution in [3.05, 3.63) is 0 Å². The van der Waals surface area contributed by atoms with E-state index in [0.717, 1.165) is 0 Å². The fraction of sp³-hybridized carbons (Fsp3) is 0. The average Bonchev–Trinajstić information content (AvgIpc) is 2.18. The number of hydrogen-bond acceptors (Lipinski definition) is 5. The van der Waals surface area contributed by atoms with Crippen LogP contribution in [0.3, 0.4) is 0 Å². The van der Waals surface area contributed by atoms with Gasteiger partial charge < -0.3 is 0 Å². The minimum Gasteiger partial charge on any atom is -0.281 e. The molecule has 0 heterocycles. The van der Waals surface area contributed by atoms with Crippen LogP contribution in [0.25, 0.3) is 0 Å². The monoisotopic (exact) mass is 213 g/mol. The largest absolute Gasteiger partial charge is 0.281 e. The minimum atomic E-state index is 1.33. The quantitative estimate of drug-likeness (QED) is 0.377. The molecule has 8 radical (unpaired) electrons. The van der Waals surface area contributed by atoms with Crippen LogP contribution in [0.2, 0.25) is 0 Å². The van der Waals surface area contributed by atoms with Crippen molar-refractivity contribution in [3.63, 3.8) is 0 Å². The summed E-state index contributed by atoms with van der Waals surface area (Å²) in [5, 5.41) is 0. The molecule has 0 saturated carbocycles. The molecule has 0 aliphatic heterocycles. The zero-order valence-electron chi connectivity index (χ0n) is 4.97. The third-order valence-electron chi connectivity index (χ3n) is 0. The number of thiocarbonyl (C=S) groups is 1. The van der Waals surface area contributed by atoms with Gasteiger partial charge in [0.25, 0.3) is 27.2 Å². The molecule has 11 heavy (non-hydrogen) atoms. The van der Waals surface area contributed by atoms with Crippen LogP contribution in [-0.4, -0.2) is 31.4 Å². The van der Waals surface area contributed by atoms with Crippen molar-refractivity contribution < 1.29 is 35.2 Å². The Morgan fingerprint density at radius 3 is 0.818 bits per heavy atom. The maximum absolute atomic E-state index is 7.50. The van der Waals surface area contributed by atoms with Crippen molar-refractivity contribution in [1.29, 1.82) is 0 Å². The Bertz CT molecular complexity index is 47.7. The summed E-state index contributed by atoms with van der Waals surface area (Å²) in [5.74, 6) is 0. The molecule has 0 aromatic rings. The molecule has 0 aromatic carbocycles. The molecule has 0 bridgehead atoms. The van der Waals surface area contributed by atoms with E-state index in [1.165, 1.54) is 4.27 Å². The standard InChI is InChI=1S/4CO.CHS.Fe/c5*1-2;/h;;;;1H;. The SMILES string of the molecule is S=[CH][Fe].[C]=O.[C]=O.[C]=O.[C]=O. The van der Waals surface area contributed by atoms with Crippen molar-refractivity contribution in [1.82, 2.24) is 0 Å². The molecule has 4 nitrogen and oxygen atoms in total. The minimum absolute atomic E-state index is 1.33. The van der Waals surface area contributed by atoms with Crippen molar-refractivity contribution >= 4 is 43.6 Å². The molecule has 0 spiro atoms. The maximum atomic E-state index is 7.50. The fourth-order valence-electron chi connectivity index (χ4n) is 0. The van der Waals surface area contributed by atoms with E-state index in [9.17, 15) is 0 Å². The van der Waals surface area contributed by atoms with Crippen LogP contribution in [0.15, 0.2) is 0 Å². The summed E-state index contributed by atoms with van der Waals surface area (Å²) in [6, 6.07) is 0. The van der Waals surface area contributed by atoms with Gasteiger partial charge in [-0.15, -0.1) is 0 Å². The Hall–Kier alpha value is -0.711. The van der Waals surface area contributed by atoms with E-state index in [1.54, 1.807) is 0 Å². The molecule has 6 heteroatoms.